The Morgan fingerprint density at radius 2 is 1.11 bits per heavy atom. The van der Waals surface area contributed by atoms with Crippen molar-refractivity contribution in [3.8, 4) is 0 Å². The van der Waals surface area contributed by atoms with Gasteiger partial charge in [-0.1, -0.05) is 13.3 Å². The van der Waals surface area contributed by atoms with E-state index in [4.69, 9.17) is 27.5 Å². The minimum Gasteiger partial charge on any atom is -0.379 e. The van der Waals surface area contributed by atoms with Gasteiger partial charge in [0.05, 0.1) is 33.0 Å². The van der Waals surface area contributed by atoms with Crippen LogP contribution in [0.2, 0.25) is 6.04 Å². The zero-order valence-electron chi connectivity index (χ0n) is 18.1. The molecule has 164 valence electrons. The molecule has 7 nitrogen and oxygen atoms in total. The van der Waals surface area contributed by atoms with Crippen LogP contribution in [0.25, 0.3) is 0 Å². The van der Waals surface area contributed by atoms with Crippen molar-refractivity contribution in [1.82, 2.24) is 5.32 Å². The van der Waals surface area contributed by atoms with Gasteiger partial charge in [-0.2, -0.15) is 0 Å². The van der Waals surface area contributed by atoms with E-state index in [1.807, 2.05) is 20.8 Å². The van der Waals surface area contributed by atoms with Gasteiger partial charge >= 0.3 is 8.80 Å². The number of hydrogen-bond acceptors (Lipinski definition) is 7. The first-order valence-electron chi connectivity index (χ1n) is 10.6. The van der Waals surface area contributed by atoms with Gasteiger partial charge < -0.3 is 32.8 Å². The largest absolute Gasteiger partial charge is 0.500 e. The summed E-state index contributed by atoms with van der Waals surface area (Å²) >= 11 is 0. The van der Waals surface area contributed by atoms with Crippen LogP contribution >= 0.6 is 0 Å². The number of nitrogens with one attached hydrogen (secondary N) is 1. The summed E-state index contributed by atoms with van der Waals surface area (Å²) in [7, 11) is -2.50. The van der Waals surface area contributed by atoms with Crippen LogP contribution in [0.4, 0.5) is 0 Å². The van der Waals surface area contributed by atoms with Crippen LogP contribution in [-0.4, -0.2) is 81.4 Å². The summed E-state index contributed by atoms with van der Waals surface area (Å²) < 4.78 is 34.0. The summed E-state index contributed by atoms with van der Waals surface area (Å²) in [4.78, 5) is 0. The Morgan fingerprint density at radius 1 is 0.593 bits per heavy atom. The third-order valence-corrected chi connectivity index (χ3v) is 6.89. The van der Waals surface area contributed by atoms with E-state index in [-0.39, 0.29) is 0 Å². The third-order valence-electron chi connectivity index (χ3n) is 3.74. The minimum absolute atomic E-state index is 0.613. The standard InChI is InChI=1S/C19H43NO6Si/c1-5-9-13-21-15-17-23-18-16-22-14-12-20-11-10-19-27(24-6-2,25-7-3)26-8-4/h20H,5-19H2,1-4H3. The van der Waals surface area contributed by atoms with Crippen molar-refractivity contribution in [1.29, 1.82) is 0 Å². The van der Waals surface area contributed by atoms with E-state index in [2.05, 4.69) is 12.2 Å². The maximum atomic E-state index is 5.85. The molecule has 0 spiro atoms. The average molecular weight is 410 g/mol. The van der Waals surface area contributed by atoms with E-state index in [0.717, 1.165) is 45.0 Å². The minimum atomic E-state index is -2.50. The molecule has 0 saturated carbocycles. The number of hydrogen-bond donors (Lipinski definition) is 1. The third kappa shape index (κ3) is 16.6. The molecule has 0 aromatic heterocycles. The van der Waals surface area contributed by atoms with Crippen molar-refractivity contribution in [3.63, 3.8) is 0 Å². The fourth-order valence-corrected chi connectivity index (χ4v) is 5.10. The molecule has 1 N–H and O–H groups in total. The molecule has 0 bridgehead atoms. The van der Waals surface area contributed by atoms with Gasteiger partial charge in [-0.25, -0.2) is 0 Å². The Balaban J connectivity index is 3.49. The highest BCUT2D eigenvalue weighted by atomic mass is 28.4. The SMILES string of the molecule is CCCCOCCOCCOCCNCCC[Si](OCC)(OCC)OCC. The zero-order chi connectivity index (χ0) is 20.1. The molecule has 0 aliphatic rings. The zero-order valence-corrected chi connectivity index (χ0v) is 19.1. The molecule has 0 saturated heterocycles. The van der Waals surface area contributed by atoms with Crippen molar-refractivity contribution < 1.29 is 27.5 Å². The predicted molar refractivity (Wildman–Crippen MR) is 110 cm³/mol. The van der Waals surface area contributed by atoms with Crippen molar-refractivity contribution in [2.24, 2.45) is 0 Å². The molecule has 0 aliphatic heterocycles. The predicted octanol–water partition coefficient (Wildman–Crippen LogP) is 2.86. The lowest BCUT2D eigenvalue weighted by molar-refractivity contribution is 0.0146. The smallest absolute Gasteiger partial charge is 0.379 e. The summed E-state index contributed by atoms with van der Waals surface area (Å²) in [6.07, 6.45) is 3.24. The molecule has 0 unspecified atom stereocenters. The van der Waals surface area contributed by atoms with Crippen molar-refractivity contribution in [2.45, 2.75) is 53.0 Å². The molecule has 0 rings (SSSR count). The van der Waals surface area contributed by atoms with Crippen molar-refractivity contribution in [2.75, 3.05) is 72.6 Å². The Labute approximate surface area is 167 Å². The first-order valence-corrected chi connectivity index (χ1v) is 12.5. The molecule has 0 aromatic rings. The summed E-state index contributed by atoms with van der Waals surface area (Å²) in [6, 6.07) is 0.838. The van der Waals surface area contributed by atoms with Crippen LogP contribution in [0.15, 0.2) is 0 Å². The molecule has 8 heteroatoms. The second-order valence-electron chi connectivity index (χ2n) is 6.03. The number of unbranched alkanes of at least 4 members (excludes halogenated alkanes) is 1. The van der Waals surface area contributed by atoms with Gasteiger partial charge in [0.15, 0.2) is 0 Å². The Bertz CT molecular complexity index is 282. The van der Waals surface area contributed by atoms with Gasteiger partial charge in [0.2, 0.25) is 0 Å². The Kier molecular flexibility index (Phi) is 20.6. The maximum Gasteiger partial charge on any atom is 0.500 e. The molecule has 0 aromatic carbocycles. The second kappa shape index (κ2) is 20.7. The van der Waals surface area contributed by atoms with E-state index in [9.17, 15) is 0 Å². The fourth-order valence-electron chi connectivity index (χ4n) is 2.49. The van der Waals surface area contributed by atoms with Gasteiger partial charge in [-0.15, -0.1) is 0 Å². The molecule has 0 heterocycles. The number of rotatable bonds is 22. The van der Waals surface area contributed by atoms with E-state index < -0.39 is 8.80 Å². The first kappa shape index (κ1) is 26.9. The molecule has 0 atom stereocenters. The highest BCUT2D eigenvalue weighted by Gasteiger charge is 2.39. The monoisotopic (exact) mass is 409 g/mol. The molecule has 0 radical (unpaired) electrons. The first-order chi connectivity index (χ1) is 13.2. The quantitative estimate of drug-likeness (QED) is 0.218. The van der Waals surface area contributed by atoms with Gasteiger partial charge in [-0.3, -0.25) is 0 Å². The molecular formula is C19H43NO6Si. The lowest BCUT2D eigenvalue weighted by Crippen LogP contribution is -2.46. The topological polar surface area (TPSA) is 67.4 Å². The summed E-state index contributed by atoms with van der Waals surface area (Å²) in [6.45, 7) is 15.7. The molecule has 0 aliphatic carbocycles. The summed E-state index contributed by atoms with van der Waals surface area (Å²) in [5, 5.41) is 3.38. The second-order valence-corrected chi connectivity index (χ2v) is 8.76. The van der Waals surface area contributed by atoms with Crippen LogP contribution in [0, 0.1) is 0 Å². The van der Waals surface area contributed by atoms with Crippen molar-refractivity contribution >= 4 is 8.80 Å². The lowest BCUT2D eigenvalue weighted by Gasteiger charge is -2.28. The lowest BCUT2D eigenvalue weighted by atomic mass is 10.4. The maximum absolute atomic E-state index is 5.85. The van der Waals surface area contributed by atoms with Crippen LogP contribution in [0.3, 0.4) is 0 Å². The molecule has 27 heavy (non-hydrogen) atoms. The van der Waals surface area contributed by atoms with Crippen LogP contribution < -0.4 is 5.32 Å². The van der Waals surface area contributed by atoms with Gasteiger partial charge in [0.1, 0.15) is 0 Å². The van der Waals surface area contributed by atoms with Gasteiger partial charge in [0.25, 0.3) is 0 Å². The summed E-state index contributed by atoms with van der Waals surface area (Å²) in [5.74, 6) is 0. The van der Waals surface area contributed by atoms with Crippen LogP contribution in [0.5, 0.6) is 0 Å². The number of ether oxygens (including phenoxy) is 3. The highest BCUT2D eigenvalue weighted by Crippen LogP contribution is 2.17. The Hall–Kier alpha value is -0.0631. The van der Waals surface area contributed by atoms with E-state index >= 15 is 0 Å². The van der Waals surface area contributed by atoms with Gasteiger partial charge in [-0.05, 0) is 40.2 Å². The highest BCUT2D eigenvalue weighted by molar-refractivity contribution is 6.60. The fraction of sp³-hybridized carbons (Fsp3) is 1.00. The summed E-state index contributed by atoms with van der Waals surface area (Å²) in [5.41, 5.74) is 0. The van der Waals surface area contributed by atoms with Gasteiger partial charge in [0, 0.05) is 39.0 Å². The Morgan fingerprint density at radius 3 is 1.63 bits per heavy atom. The van der Waals surface area contributed by atoms with Crippen LogP contribution in [0.1, 0.15) is 47.0 Å². The van der Waals surface area contributed by atoms with Crippen LogP contribution in [-0.2, 0) is 27.5 Å². The van der Waals surface area contributed by atoms with Crippen molar-refractivity contribution in [3.05, 3.63) is 0 Å². The normalized spacial score (nSPS) is 12.0. The van der Waals surface area contributed by atoms with E-state index in [0.29, 0.717) is 52.9 Å². The van der Waals surface area contributed by atoms with E-state index in [1.165, 1.54) is 0 Å². The molecular weight excluding hydrogens is 366 g/mol. The molecule has 0 amide bonds. The van der Waals surface area contributed by atoms with E-state index in [1.54, 1.807) is 0 Å². The molecule has 0 fully saturated rings. The average Bonchev–Trinajstić information content (AvgIpc) is 2.65.